The molecule has 1 saturated heterocycles. The first-order valence-electron chi connectivity index (χ1n) is 7.39. The van der Waals surface area contributed by atoms with E-state index in [1.807, 2.05) is 19.3 Å². The molecule has 2 fully saturated rings. The zero-order valence-electron chi connectivity index (χ0n) is 11.7. The summed E-state index contributed by atoms with van der Waals surface area (Å²) in [5.41, 5.74) is 1.21. The molecule has 1 aromatic rings. The molecule has 104 valence electrons. The molecule has 4 nitrogen and oxygen atoms in total. The van der Waals surface area contributed by atoms with E-state index >= 15 is 0 Å². The second-order valence-electron chi connectivity index (χ2n) is 5.90. The Bertz CT molecular complexity index is 402. The molecule has 19 heavy (non-hydrogen) atoms. The molecule has 0 amide bonds. The summed E-state index contributed by atoms with van der Waals surface area (Å²) in [5.74, 6) is 2.47. The second-order valence-corrected chi connectivity index (χ2v) is 5.90. The molecular formula is C15H23N3O. The summed E-state index contributed by atoms with van der Waals surface area (Å²) in [4.78, 5) is 11.1. The van der Waals surface area contributed by atoms with E-state index in [0.717, 1.165) is 44.0 Å². The fourth-order valence-corrected chi connectivity index (χ4v) is 3.00. The van der Waals surface area contributed by atoms with Gasteiger partial charge in [0.05, 0.1) is 13.2 Å². The lowest BCUT2D eigenvalue weighted by molar-refractivity contribution is 0.0769. The summed E-state index contributed by atoms with van der Waals surface area (Å²) in [6.45, 7) is 6.88. The van der Waals surface area contributed by atoms with Crippen molar-refractivity contribution in [3.05, 3.63) is 23.8 Å². The Morgan fingerprint density at radius 3 is 2.74 bits per heavy atom. The first-order valence-corrected chi connectivity index (χ1v) is 7.39. The number of aryl methyl sites for hydroxylation is 1. The van der Waals surface area contributed by atoms with Gasteiger partial charge in [-0.1, -0.05) is 19.3 Å². The molecule has 3 rings (SSSR count). The van der Waals surface area contributed by atoms with Gasteiger partial charge in [0.2, 0.25) is 0 Å². The van der Waals surface area contributed by atoms with E-state index in [0.29, 0.717) is 0 Å². The van der Waals surface area contributed by atoms with Crippen LogP contribution in [0.5, 0.6) is 0 Å². The molecule has 2 aliphatic rings. The van der Waals surface area contributed by atoms with Crippen molar-refractivity contribution in [3.8, 4) is 0 Å². The average molecular weight is 261 g/mol. The highest BCUT2D eigenvalue weighted by Gasteiger charge is 2.30. The van der Waals surface area contributed by atoms with E-state index in [9.17, 15) is 0 Å². The number of aromatic nitrogens is 2. The standard InChI is InChI=1S/C15H23N3O/c1-12-16-7-13(8-17-12)9-18-5-6-19-11-15(10-18)14-3-2-4-14/h7-8,14-15H,2-6,9-11H2,1H3. The van der Waals surface area contributed by atoms with Crippen LogP contribution in [-0.2, 0) is 11.3 Å². The molecule has 1 aromatic heterocycles. The lowest BCUT2D eigenvalue weighted by Crippen LogP contribution is -2.35. The van der Waals surface area contributed by atoms with Crippen molar-refractivity contribution in [2.75, 3.05) is 26.3 Å². The maximum atomic E-state index is 5.78. The Morgan fingerprint density at radius 1 is 1.26 bits per heavy atom. The zero-order chi connectivity index (χ0) is 13.1. The number of rotatable bonds is 3. The second kappa shape index (κ2) is 5.97. The smallest absolute Gasteiger partial charge is 0.125 e. The van der Waals surface area contributed by atoms with Gasteiger partial charge in [-0.05, 0) is 18.8 Å². The van der Waals surface area contributed by atoms with E-state index in [-0.39, 0.29) is 0 Å². The summed E-state index contributed by atoms with van der Waals surface area (Å²) in [6, 6.07) is 0. The Kier molecular flexibility index (Phi) is 4.09. The lowest BCUT2D eigenvalue weighted by atomic mass is 9.76. The van der Waals surface area contributed by atoms with Crippen molar-refractivity contribution in [3.63, 3.8) is 0 Å². The largest absolute Gasteiger partial charge is 0.380 e. The van der Waals surface area contributed by atoms with Crippen LogP contribution in [-0.4, -0.2) is 41.2 Å². The minimum Gasteiger partial charge on any atom is -0.380 e. The van der Waals surface area contributed by atoms with Crippen LogP contribution >= 0.6 is 0 Å². The molecule has 1 atom stereocenters. The molecule has 0 radical (unpaired) electrons. The Hall–Kier alpha value is -1.00. The predicted octanol–water partition coefficient (Wildman–Crippen LogP) is 2.03. The highest BCUT2D eigenvalue weighted by molar-refractivity contribution is 5.04. The quantitative estimate of drug-likeness (QED) is 0.834. The third-order valence-electron chi connectivity index (χ3n) is 4.43. The SMILES string of the molecule is Cc1ncc(CN2CCOCC(C3CCC3)C2)cn1. The van der Waals surface area contributed by atoms with Crippen LogP contribution in [0.15, 0.2) is 12.4 Å². The summed E-state index contributed by atoms with van der Waals surface area (Å²) in [7, 11) is 0. The van der Waals surface area contributed by atoms with Crippen LogP contribution in [0.1, 0.15) is 30.7 Å². The van der Waals surface area contributed by atoms with Crippen LogP contribution in [0.25, 0.3) is 0 Å². The van der Waals surface area contributed by atoms with Crippen LogP contribution in [0.2, 0.25) is 0 Å². The van der Waals surface area contributed by atoms with Crippen molar-refractivity contribution in [2.24, 2.45) is 11.8 Å². The predicted molar refractivity (Wildman–Crippen MR) is 73.7 cm³/mol. The Morgan fingerprint density at radius 2 is 2.05 bits per heavy atom. The highest BCUT2D eigenvalue weighted by atomic mass is 16.5. The normalized spacial score (nSPS) is 25.8. The number of hydrogen-bond donors (Lipinski definition) is 0. The zero-order valence-corrected chi connectivity index (χ0v) is 11.7. The van der Waals surface area contributed by atoms with Crippen LogP contribution in [0.4, 0.5) is 0 Å². The van der Waals surface area contributed by atoms with E-state index < -0.39 is 0 Å². The van der Waals surface area contributed by atoms with Gasteiger partial charge in [0.15, 0.2) is 0 Å². The first kappa shape index (κ1) is 13.0. The number of hydrogen-bond acceptors (Lipinski definition) is 4. The molecule has 1 aliphatic carbocycles. The molecule has 1 aliphatic heterocycles. The molecule has 0 bridgehead atoms. The van der Waals surface area contributed by atoms with Gasteiger partial charge in [0.1, 0.15) is 5.82 Å². The lowest BCUT2D eigenvalue weighted by Gasteiger charge is -2.34. The topological polar surface area (TPSA) is 38.2 Å². The Balaban J connectivity index is 1.60. The van der Waals surface area contributed by atoms with Gasteiger partial charge in [0, 0.05) is 37.6 Å². The molecular weight excluding hydrogens is 238 g/mol. The van der Waals surface area contributed by atoms with Gasteiger partial charge in [0.25, 0.3) is 0 Å². The van der Waals surface area contributed by atoms with Crippen molar-refractivity contribution < 1.29 is 4.74 Å². The maximum Gasteiger partial charge on any atom is 0.125 e. The van der Waals surface area contributed by atoms with Gasteiger partial charge >= 0.3 is 0 Å². The molecule has 0 aromatic carbocycles. The highest BCUT2D eigenvalue weighted by Crippen LogP contribution is 2.34. The molecule has 1 saturated carbocycles. The molecule has 4 heteroatoms. The van der Waals surface area contributed by atoms with Crippen LogP contribution in [0, 0.1) is 18.8 Å². The van der Waals surface area contributed by atoms with E-state index in [2.05, 4.69) is 14.9 Å². The molecule has 0 N–H and O–H groups in total. The van der Waals surface area contributed by atoms with Crippen LogP contribution < -0.4 is 0 Å². The third kappa shape index (κ3) is 3.31. The van der Waals surface area contributed by atoms with E-state index in [1.165, 1.54) is 31.4 Å². The van der Waals surface area contributed by atoms with Gasteiger partial charge in [-0.15, -0.1) is 0 Å². The van der Waals surface area contributed by atoms with Crippen molar-refractivity contribution >= 4 is 0 Å². The van der Waals surface area contributed by atoms with Crippen LogP contribution in [0.3, 0.4) is 0 Å². The molecule has 0 spiro atoms. The van der Waals surface area contributed by atoms with E-state index in [1.54, 1.807) is 0 Å². The minimum atomic E-state index is 0.725. The van der Waals surface area contributed by atoms with Crippen molar-refractivity contribution in [1.82, 2.24) is 14.9 Å². The summed E-state index contributed by atoms with van der Waals surface area (Å²) < 4.78 is 5.78. The molecule has 2 heterocycles. The summed E-state index contributed by atoms with van der Waals surface area (Å²) in [5, 5.41) is 0. The number of ether oxygens (including phenoxy) is 1. The average Bonchev–Trinajstić information content (AvgIpc) is 2.56. The van der Waals surface area contributed by atoms with Gasteiger partial charge in [-0.2, -0.15) is 0 Å². The molecule has 1 unspecified atom stereocenters. The monoisotopic (exact) mass is 261 g/mol. The summed E-state index contributed by atoms with van der Waals surface area (Å²) in [6.07, 6.45) is 8.11. The van der Waals surface area contributed by atoms with Crippen molar-refractivity contribution in [1.29, 1.82) is 0 Å². The third-order valence-corrected chi connectivity index (χ3v) is 4.43. The van der Waals surface area contributed by atoms with Gasteiger partial charge in [-0.25, -0.2) is 9.97 Å². The first-order chi connectivity index (χ1) is 9.31. The van der Waals surface area contributed by atoms with Gasteiger partial charge < -0.3 is 4.74 Å². The van der Waals surface area contributed by atoms with Crippen molar-refractivity contribution in [2.45, 2.75) is 32.7 Å². The van der Waals surface area contributed by atoms with E-state index in [4.69, 9.17) is 4.74 Å². The minimum absolute atomic E-state index is 0.725. The number of nitrogens with zero attached hydrogens (tertiary/aromatic N) is 3. The summed E-state index contributed by atoms with van der Waals surface area (Å²) >= 11 is 0. The van der Waals surface area contributed by atoms with Gasteiger partial charge in [-0.3, -0.25) is 4.90 Å². The fraction of sp³-hybridized carbons (Fsp3) is 0.733. The Labute approximate surface area is 115 Å². The maximum absolute atomic E-state index is 5.78. The fourth-order valence-electron chi connectivity index (χ4n) is 3.00.